The summed E-state index contributed by atoms with van der Waals surface area (Å²) in [5.74, 6) is -0.491. The highest BCUT2D eigenvalue weighted by atomic mass is 32.1. The number of esters is 2. The van der Waals surface area contributed by atoms with E-state index in [1.165, 1.54) is 62.7 Å². The highest BCUT2D eigenvalue weighted by Crippen LogP contribution is 2.38. The van der Waals surface area contributed by atoms with E-state index in [-0.39, 0.29) is 24.1 Å². The molecule has 8 nitrogen and oxygen atoms in total. The molecule has 0 spiro atoms. The molecular weight excluding hydrogens is 600 g/mol. The van der Waals surface area contributed by atoms with Gasteiger partial charge in [0.15, 0.2) is 6.61 Å². The van der Waals surface area contributed by atoms with Crippen molar-refractivity contribution in [1.29, 1.82) is 0 Å². The number of hydrogen-bond acceptors (Lipinski definition) is 8. The molecule has 0 radical (unpaired) electrons. The molecule has 1 aromatic heterocycles. The van der Waals surface area contributed by atoms with E-state index in [2.05, 4.69) is 17.2 Å². The Morgan fingerprint density at radius 2 is 1.37 bits per heavy atom. The normalized spacial score (nSPS) is 11.0. The number of hydrogen-bond donors (Lipinski definition) is 1. The summed E-state index contributed by atoms with van der Waals surface area (Å²) in [5.41, 5.74) is 3.19. The van der Waals surface area contributed by atoms with Crippen LogP contribution in [0.4, 0.5) is 0 Å². The molecule has 1 amide bonds. The molecule has 0 atom stereocenters. The lowest BCUT2D eigenvalue weighted by Gasteiger charge is -2.07. The second kappa shape index (κ2) is 20.9. The third kappa shape index (κ3) is 12.8. The summed E-state index contributed by atoms with van der Waals surface area (Å²) in [4.78, 5) is 41.9. The topological polar surface area (TPSA) is 104 Å². The van der Waals surface area contributed by atoms with Gasteiger partial charge >= 0.3 is 11.9 Å². The molecule has 9 heteroatoms. The molecule has 2 aromatic carbocycles. The number of unbranched alkanes of at least 4 members (excludes halogenated alkanes) is 9. The van der Waals surface area contributed by atoms with Crippen molar-refractivity contribution >= 4 is 35.3 Å². The van der Waals surface area contributed by atoms with Crippen LogP contribution in [0.2, 0.25) is 0 Å². The van der Waals surface area contributed by atoms with Crippen LogP contribution >= 0.6 is 11.3 Å². The quantitative estimate of drug-likeness (QED) is 0.0700. The van der Waals surface area contributed by atoms with E-state index in [0.717, 1.165) is 34.4 Å². The van der Waals surface area contributed by atoms with Gasteiger partial charge in [0.1, 0.15) is 5.75 Å². The van der Waals surface area contributed by atoms with Crippen molar-refractivity contribution in [1.82, 2.24) is 10.3 Å². The highest BCUT2D eigenvalue weighted by molar-refractivity contribution is 7.17. The van der Waals surface area contributed by atoms with E-state index in [1.807, 2.05) is 36.4 Å². The van der Waals surface area contributed by atoms with Crippen LogP contribution < -0.4 is 10.1 Å². The first-order valence-corrected chi connectivity index (χ1v) is 17.4. The maximum absolute atomic E-state index is 12.5. The SMILES string of the molecule is CCCCCCCCCCCCNC(=O)C=Cc1ccc(-c2sc(C(=O)OCC)nc2-c2ccc(OCC(=O)OCC)cc2)cc1. The molecule has 1 heterocycles. The summed E-state index contributed by atoms with van der Waals surface area (Å²) in [6.45, 7) is 6.80. The van der Waals surface area contributed by atoms with Crippen LogP contribution in [0.3, 0.4) is 0 Å². The molecule has 0 aliphatic rings. The zero-order valence-corrected chi connectivity index (χ0v) is 28.3. The number of nitrogens with one attached hydrogen (secondary N) is 1. The average Bonchev–Trinajstić information content (AvgIpc) is 3.52. The van der Waals surface area contributed by atoms with Gasteiger partial charge in [-0.05, 0) is 61.7 Å². The molecular formula is C37H48N2O6S. The molecule has 0 aliphatic heterocycles. The summed E-state index contributed by atoms with van der Waals surface area (Å²) in [5, 5.41) is 3.24. The second-order valence-electron chi connectivity index (χ2n) is 11.0. The first-order valence-electron chi connectivity index (χ1n) is 16.6. The fourth-order valence-electron chi connectivity index (χ4n) is 4.85. The van der Waals surface area contributed by atoms with E-state index in [0.29, 0.717) is 24.6 Å². The summed E-state index contributed by atoms with van der Waals surface area (Å²) >= 11 is 1.26. The van der Waals surface area contributed by atoms with Crippen molar-refractivity contribution in [3.8, 4) is 27.4 Å². The van der Waals surface area contributed by atoms with Crippen LogP contribution in [0.25, 0.3) is 27.8 Å². The fourth-order valence-corrected chi connectivity index (χ4v) is 5.83. The Bertz CT molecular complexity index is 1380. The van der Waals surface area contributed by atoms with Gasteiger partial charge in [-0.3, -0.25) is 4.79 Å². The van der Waals surface area contributed by atoms with Crippen LogP contribution in [0.1, 0.15) is 100 Å². The monoisotopic (exact) mass is 648 g/mol. The van der Waals surface area contributed by atoms with Gasteiger partial charge in [-0.2, -0.15) is 0 Å². The van der Waals surface area contributed by atoms with E-state index in [9.17, 15) is 14.4 Å². The maximum atomic E-state index is 12.5. The second-order valence-corrected chi connectivity index (χ2v) is 12.0. The number of nitrogens with zero attached hydrogens (tertiary/aromatic N) is 1. The van der Waals surface area contributed by atoms with Crippen molar-refractivity contribution in [2.75, 3.05) is 26.4 Å². The number of carbonyl (C=O) groups excluding carboxylic acids is 3. The molecule has 3 aromatic rings. The molecule has 0 fully saturated rings. The lowest BCUT2D eigenvalue weighted by atomic mass is 10.0. The Morgan fingerprint density at radius 1 is 0.761 bits per heavy atom. The fraction of sp³-hybridized carbons (Fsp3) is 0.459. The van der Waals surface area contributed by atoms with E-state index < -0.39 is 11.9 Å². The Kier molecular flexibility index (Phi) is 16.6. The van der Waals surface area contributed by atoms with Crippen LogP contribution in [-0.4, -0.2) is 49.2 Å². The van der Waals surface area contributed by atoms with Gasteiger partial charge in [-0.25, -0.2) is 14.6 Å². The van der Waals surface area contributed by atoms with E-state index in [4.69, 9.17) is 14.2 Å². The molecule has 1 N–H and O–H groups in total. The summed E-state index contributed by atoms with van der Waals surface area (Å²) in [7, 11) is 0. The van der Waals surface area contributed by atoms with E-state index in [1.54, 1.807) is 38.1 Å². The smallest absolute Gasteiger partial charge is 0.367 e. The Morgan fingerprint density at radius 3 is 2.00 bits per heavy atom. The van der Waals surface area contributed by atoms with Crippen molar-refractivity contribution in [2.45, 2.75) is 85.0 Å². The Hall–Kier alpha value is -3.98. The van der Waals surface area contributed by atoms with Crippen molar-refractivity contribution < 1.29 is 28.6 Å². The average molecular weight is 649 g/mol. The predicted molar refractivity (Wildman–Crippen MR) is 185 cm³/mol. The summed E-state index contributed by atoms with van der Waals surface area (Å²) in [6, 6.07) is 14.9. The minimum atomic E-state index is -0.474. The van der Waals surface area contributed by atoms with Gasteiger partial charge in [-0.15, -0.1) is 11.3 Å². The van der Waals surface area contributed by atoms with E-state index >= 15 is 0 Å². The Balaban J connectivity index is 1.56. The minimum absolute atomic E-state index is 0.0986. The molecule has 3 rings (SSSR count). The summed E-state index contributed by atoms with van der Waals surface area (Å²) < 4.78 is 15.6. The number of rotatable bonds is 21. The molecule has 248 valence electrons. The molecule has 0 aliphatic carbocycles. The highest BCUT2D eigenvalue weighted by Gasteiger charge is 2.20. The maximum Gasteiger partial charge on any atom is 0.367 e. The lowest BCUT2D eigenvalue weighted by Crippen LogP contribution is -2.21. The van der Waals surface area contributed by atoms with Crippen LogP contribution in [0, 0.1) is 0 Å². The third-order valence-electron chi connectivity index (χ3n) is 7.30. The molecule has 0 saturated heterocycles. The first kappa shape index (κ1) is 36.5. The van der Waals surface area contributed by atoms with Gasteiger partial charge in [0.25, 0.3) is 0 Å². The van der Waals surface area contributed by atoms with Gasteiger partial charge < -0.3 is 19.5 Å². The number of benzene rings is 2. The number of thiazole rings is 1. The Labute approximate surface area is 277 Å². The van der Waals surface area contributed by atoms with Gasteiger partial charge in [0.2, 0.25) is 10.9 Å². The van der Waals surface area contributed by atoms with Crippen LogP contribution in [-0.2, 0) is 19.1 Å². The van der Waals surface area contributed by atoms with Crippen molar-refractivity contribution in [2.24, 2.45) is 0 Å². The van der Waals surface area contributed by atoms with Crippen LogP contribution in [0.15, 0.2) is 54.6 Å². The standard InChI is InChI=1S/C37H48N2O6S/c1-4-7-8-9-10-11-12-13-14-15-26-38-32(40)25-18-28-16-19-30(20-17-28)35-34(39-36(46-35)37(42)44-6-3)29-21-23-31(24-22-29)45-27-33(41)43-5-2/h16-25H,4-15,26-27H2,1-3H3,(H,38,40). The minimum Gasteiger partial charge on any atom is -0.482 e. The van der Waals surface area contributed by atoms with Gasteiger partial charge in [0, 0.05) is 18.2 Å². The van der Waals surface area contributed by atoms with Crippen LogP contribution in [0.5, 0.6) is 5.75 Å². The predicted octanol–water partition coefficient (Wildman–Crippen LogP) is 8.65. The molecule has 46 heavy (non-hydrogen) atoms. The van der Waals surface area contributed by atoms with Gasteiger partial charge in [-0.1, -0.05) is 89.0 Å². The summed E-state index contributed by atoms with van der Waals surface area (Å²) in [6.07, 6.45) is 16.0. The number of ether oxygens (including phenoxy) is 3. The zero-order chi connectivity index (χ0) is 33.0. The number of amides is 1. The third-order valence-corrected chi connectivity index (χ3v) is 8.38. The van der Waals surface area contributed by atoms with Crippen molar-refractivity contribution in [3.05, 3.63) is 65.2 Å². The molecule has 0 saturated carbocycles. The number of aromatic nitrogens is 1. The zero-order valence-electron chi connectivity index (χ0n) is 27.5. The molecule has 0 unspecified atom stereocenters. The first-order chi connectivity index (χ1) is 22.4. The van der Waals surface area contributed by atoms with Crippen molar-refractivity contribution in [3.63, 3.8) is 0 Å². The largest absolute Gasteiger partial charge is 0.482 e. The molecule has 0 bridgehead atoms. The number of carbonyl (C=O) groups is 3. The lowest BCUT2D eigenvalue weighted by molar-refractivity contribution is -0.145. The van der Waals surface area contributed by atoms with Gasteiger partial charge in [0.05, 0.1) is 23.8 Å².